The molecule has 1 aliphatic rings. The summed E-state index contributed by atoms with van der Waals surface area (Å²) < 4.78 is 1.83. The number of fused-ring (bicyclic) bond motifs is 1. The normalized spacial score (nSPS) is 19.1. The van der Waals surface area contributed by atoms with E-state index >= 15 is 0 Å². The van der Waals surface area contributed by atoms with E-state index in [1.165, 1.54) is 28.6 Å². The summed E-state index contributed by atoms with van der Waals surface area (Å²) >= 11 is 0. The molecule has 3 unspecified atom stereocenters. The molecule has 204 valence electrons. The lowest BCUT2D eigenvalue weighted by atomic mass is 9.85. The highest BCUT2D eigenvalue weighted by Gasteiger charge is 2.25. The van der Waals surface area contributed by atoms with Crippen LogP contribution in [0.2, 0.25) is 0 Å². The third kappa shape index (κ3) is 6.67. The van der Waals surface area contributed by atoms with E-state index < -0.39 is 6.23 Å². The Kier molecular flexibility index (Phi) is 9.38. The van der Waals surface area contributed by atoms with Gasteiger partial charge in [0.15, 0.2) is 0 Å². The minimum Gasteiger partial charge on any atom is -0.373 e. The summed E-state index contributed by atoms with van der Waals surface area (Å²) in [5.41, 5.74) is 9.70. The molecule has 39 heavy (non-hydrogen) atoms. The van der Waals surface area contributed by atoms with Gasteiger partial charge < -0.3 is 5.11 Å². The van der Waals surface area contributed by atoms with Crippen LogP contribution < -0.4 is 5.32 Å². The molecule has 1 aliphatic carbocycles. The molecule has 3 aromatic rings. The molecule has 0 aliphatic heterocycles. The van der Waals surface area contributed by atoms with Crippen molar-refractivity contribution in [3.63, 3.8) is 0 Å². The Morgan fingerprint density at radius 2 is 2.00 bits per heavy atom. The minimum absolute atomic E-state index is 0.417. The summed E-state index contributed by atoms with van der Waals surface area (Å²) in [6.45, 7) is 11.5. The molecule has 1 aromatic carbocycles. The number of rotatable bonds is 9. The second-order valence-corrected chi connectivity index (χ2v) is 10.4. The van der Waals surface area contributed by atoms with Gasteiger partial charge in [-0.15, -0.1) is 0 Å². The predicted molar refractivity (Wildman–Crippen MR) is 159 cm³/mol. The van der Waals surface area contributed by atoms with Crippen molar-refractivity contribution in [1.82, 2.24) is 25.1 Å². The Labute approximate surface area is 232 Å². The van der Waals surface area contributed by atoms with Gasteiger partial charge in [0.25, 0.3) is 0 Å². The minimum atomic E-state index is -0.905. The Hall–Kier alpha value is -3.68. The van der Waals surface area contributed by atoms with Crippen LogP contribution in [0.3, 0.4) is 0 Å². The molecular weight excluding hydrogens is 484 g/mol. The zero-order valence-corrected chi connectivity index (χ0v) is 23.9. The van der Waals surface area contributed by atoms with Gasteiger partial charge >= 0.3 is 0 Å². The summed E-state index contributed by atoms with van der Waals surface area (Å²) in [6, 6.07) is 8.62. The highest BCUT2D eigenvalue weighted by molar-refractivity contribution is 5.75. The van der Waals surface area contributed by atoms with Crippen molar-refractivity contribution in [2.45, 2.75) is 66.2 Å². The second-order valence-electron chi connectivity index (χ2n) is 10.4. The quantitative estimate of drug-likeness (QED) is 0.246. The molecule has 4 rings (SSSR count). The summed E-state index contributed by atoms with van der Waals surface area (Å²) in [6.07, 6.45) is 14.2. The first-order valence-electron chi connectivity index (χ1n) is 13.7. The first kappa shape index (κ1) is 28.3. The second kappa shape index (κ2) is 12.9. The third-order valence-electron chi connectivity index (χ3n) is 7.61. The molecule has 7 heteroatoms. The number of aliphatic imine (C=N–C) groups is 1. The SMILES string of the molecule is CC=CC=NC(C1=Cc2cc(-c3cc(C(O)NCc4cncnc4)nn3C)ccc2C(C)C(C)C1)=C(C)CC. The smallest absolute Gasteiger partial charge is 0.150 e. The van der Waals surface area contributed by atoms with Gasteiger partial charge in [0, 0.05) is 43.3 Å². The van der Waals surface area contributed by atoms with Crippen LogP contribution in [0.15, 0.2) is 77.0 Å². The van der Waals surface area contributed by atoms with Crippen molar-refractivity contribution in [1.29, 1.82) is 0 Å². The van der Waals surface area contributed by atoms with Crippen LogP contribution in [0.1, 0.15) is 82.0 Å². The van der Waals surface area contributed by atoms with Gasteiger partial charge in [0.05, 0.1) is 11.4 Å². The summed E-state index contributed by atoms with van der Waals surface area (Å²) in [7, 11) is 1.91. The largest absolute Gasteiger partial charge is 0.373 e. The molecule has 2 heterocycles. The van der Waals surface area contributed by atoms with E-state index in [1.54, 1.807) is 12.4 Å². The van der Waals surface area contributed by atoms with Gasteiger partial charge in [-0.1, -0.05) is 39.0 Å². The highest BCUT2D eigenvalue weighted by atomic mass is 16.3. The van der Waals surface area contributed by atoms with E-state index in [1.807, 2.05) is 43.1 Å². The monoisotopic (exact) mass is 524 g/mol. The third-order valence-corrected chi connectivity index (χ3v) is 7.61. The average Bonchev–Trinajstić information content (AvgIpc) is 3.29. The van der Waals surface area contributed by atoms with Crippen LogP contribution in [-0.4, -0.2) is 31.1 Å². The van der Waals surface area contributed by atoms with Crippen molar-refractivity contribution in [3.8, 4) is 11.3 Å². The topological polar surface area (TPSA) is 88.2 Å². The van der Waals surface area contributed by atoms with E-state index in [2.05, 4.69) is 72.4 Å². The predicted octanol–water partition coefficient (Wildman–Crippen LogP) is 6.52. The maximum atomic E-state index is 10.8. The van der Waals surface area contributed by atoms with Crippen LogP contribution in [0.5, 0.6) is 0 Å². The maximum absolute atomic E-state index is 10.8. The molecule has 0 fully saturated rings. The Morgan fingerprint density at radius 3 is 2.72 bits per heavy atom. The number of nitrogens with zero attached hydrogens (tertiary/aromatic N) is 5. The molecule has 2 N–H and O–H groups in total. The van der Waals surface area contributed by atoms with Gasteiger partial charge in [0.2, 0.25) is 0 Å². The Bertz CT molecular complexity index is 1400. The van der Waals surface area contributed by atoms with Crippen molar-refractivity contribution >= 4 is 12.3 Å². The van der Waals surface area contributed by atoms with Gasteiger partial charge in [-0.2, -0.15) is 5.10 Å². The van der Waals surface area contributed by atoms with Crippen molar-refractivity contribution in [2.75, 3.05) is 0 Å². The van der Waals surface area contributed by atoms with Gasteiger partial charge in [-0.05, 0) is 85.1 Å². The van der Waals surface area contributed by atoms with Crippen LogP contribution in [-0.2, 0) is 13.6 Å². The molecule has 0 amide bonds. The van der Waals surface area contributed by atoms with E-state index in [0.717, 1.165) is 35.4 Å². The number of benzene rings is 1. The number of aryl methyl sites for hydroxylation is 1. The van der Waals surface area contributed by atoms with Crippen LogP contribution in [0.4, 0.5) is 0 Å². The molecule has 0 radical (unpaired) electrons. The van der Waals surface area contributed by atoms with E-state index in [9.17, 15) is 5.11 Å². The summed E-state index contributed by atoms with van der Waals surface area (Å²) in [4.78, 5) is 12.9. The summed E-state index contributed by atoms with van der Waals surface area (Å²) in [5, 5.41) is 18.5. The van der Waals surface area contributed by atoms with Gasteiger partial charge in [-0.3, -0.25) is 15.0 Å². The molecule has 7 nitrogen and oxygen atoms in total. The van der Waals surface area contributed by atoms with Crippen LogP contribution >= 0.6 is 0 Å². The molecule has 0 bridgehead atoms. The number of nitrogens with one attached hydrogen (secondary N) is 1. The molecule has 0 saturated carbocycles. The highest BCUT2D eigenvalue weighted by Crippen LogP contribution is 2.40. The lowest BCUT2D eigenvalue weighted by Crippen LogP contribution is -2.21. The fraction of sp³-hybridized carbons (Fsp3) is 0.375. The Balaban J connectivity index is 1.68. The van der Waals surface area contributed by atoms with E-state index in [4.69, 9.17) is 4.99 Å². The lowest BCUT2D eigenvalue weighted by molar-refractivity contribution is 0.132. The molecule has 0 spiro atoms. The van der Waals surface area contributed by atoms with E-state index in [-0.39, 0.29) is 0 Å². The number of hydrogen-bond acceptors (Lipinski definition) is 6. The number of hydrogen-bond donors (Lipinski definition) is 2. The zero-order chi connectivity index (χ0) is 27.9. The van der Waals surface area contributed by atoms with Gasteiger partial charge in [-0.25, -0.2) is 9.97 Å². The van der Waals surface area contributed by atoms with Gasteiger partial charge in [0.1, 0.15) is 18.2 Å². The molecule has 2 aromatic heterocycles. The lowest BCUT2D eigenvalue weighted by Gasteiger charge is -2.20. The first-order chi connectivity index (χ1) is 18.8. The standard InChI is InChI=1S/C32H40N6O/c1-7-9-12-35-31(21(3)8-2)27-13-22(4)23(5)28-11-10-25(14-26(28)15-27)30-16-29(37-38(30)6)32(39)36-19-24-17-33-20-34-18-24/h7,9-12,14-18,20,22-23,32,36,39H,8,13,19H2,1-6H3. The van der Waals surface area contributed by atoms with Crippen LogP contribution in [0, 0.1) is 5.92 Å². The number of aromatic nitrogens is 4. The summed E-state index contributed by atoms with van der Waals surface area (Å²) in [5.74, 6) is 0.903. The van der Waals surface area contributed by atoms with Crippen molar-refractivity contribution in [2.24, 2.45) is 18.0 Å². The fourth-order valence-electron chi connectivity index (χ4n) is 4.99. The first-order valence-corrected chi connectivity index (χ1v) is 13.7. The molecule has 0 saturated heterocycles. The van der Waals surface area contributed by atoms with Crippen molar-refractivity contribution in [3.05, 3.63) is 94.4 Å². The molecular formula is C32H40N6O. The van der Waals surface area contributed by atoms with Crippen LogP contribution in [0.25, 0.3) is 17.3 Å². The van der Waals surface area contributed by atoms with Crippen molar-refractivity contribution < 1.29 is 5.11 Å². The zero-order valence-electron chi connectivity index (χ0n) is 23.9. The Morgan fingerprint density at radius 1 is 1.23 bits per heavy atom. The van der Waals surface area contributed by atoms with E-state index in [0.29, 0.717) is 24.1 Å². The number of aliphatic hydroxyl groups is 1. The average molecular weight is 525 g/mol. The number of aliphatic hydroxyl groups excluding tert-OH is 1. The maximum Gasteiger partial charge on any atom is 0.150 e. The fourth-order valence-corrected chi connectivity index (χ4v) is 4.99. The molecule has 3 atom stereocenters. The number of allylic oxidation sites excluding steroid dienone is 4.